The number of aryl methyl sites for hydroxylation is 1. The van der Waals surface area contributed by atoms with Crippen LogP contribution in [0.5, 0.6) is 6.01 Å². The molecule has 2 aromatic heterocycles. The maximum atomic E-state index is 5.52. The molecule has 0 fully saturated rings. The molecule has 2 aromatic rings. The summed E-state index contributed by atoms with van der Waals surface area (Å²) in [5.74, 6) is 0.942. The van der Waals surface area contributed by atoms with Gasteiger partial charge in [-0.2, -0.15) is 20.1 Å². The lowest BCUT2D eigenvalue weighted by molar-refractivity contribution is 0.291. The van der Waals surface area contributed by atoms with Crippen molar-refractivity contribution in [3.8, 4) is 12.0 Å². The zero-order chi connectivity index (χ0) is 15.4. The van der Waals surface area contributed by atoms with E-state index in [-0.39, 0.29) is 0 Å². The molecule has 2 rings (SSSR count). The molecule has 0 aliphatic heterocycles. The van der Waals surface area contributed by atoms with Gasteiger partial charge in [0.1, 0.15) is 0 Å². The van der Waals surface area contributed by atoms with Crippen LogP contribution in [0, 0.1) is 13.8 Å². The number of anilines is 1. The summed E-state index contributed by atoms with van der Waals surface area (Å²) in [6.45, 7) is 8.74. The van der Waals surface area contributed by atoms with Gasteiger partial charge in [0.25, 0.3) is 5.95 Å². The van der Waals surface area contributed by atoms with Crippen LogP contribution in [0.3, 0.4) is 0 Å². The SMILES string of the molecule is CCCOc1nc(NC)nc(-n2nc(C)c(CC)c2C)n1. The van der Waals surface area contributed by atoms with Crippen LogP contribution >= 0.6 is 0 Å². The first-order valence-electron chi connectivity index (χ1n) is 7.22. The van der Waals surface area contributed by atoms with Crippen LogP contribution in [0.2, 0.25) is 0 Å². The Kier molecular flexibility index (Phi) is 4.72. The normalized spacial score (nSPS) is 10.7. The minimum atomic E-state index is 0.316. The number of aromatic nitrogens is 5. The molecular formula is C14H22N6O. The van der Waals surface area contributed by atoms with Gasteiger partial charge in [0.2, 0.25) is 5.95 Å². The predicted octanol–water partition coefficient (Wildman–Crippen LogP) is 2.07. The molecule has 0 atom stereocenters. The van der Waals surface area contributed by atoms with Crippen molar-refractivity contribution in [3.63, 3.8) is 0 Å². The van der Waals surface area contributed by atoms with Crippen molar-refractivity contribution in [1.29, 1.82) is 0 Å². The van der Waals surface area contributed by atoms with E-state index in [1.165, 1.54) is 5.56 Å². The summed E-state index contributed by atoms with van der Waals surface area (Å²) in [5, 5.41) is 7.45. The molecule has 0 saturated heterocycles. The van der Waals surface area contributed by atoms with Gasteiger partial charge in [0, 0.05) is 12.7 Å². The highest BCUT2D eigenvalue weighted by atomic mass is 16.5. The number of hydrogen-bond donors (Lipinski definition) is 1. The topological polar surface area (TPSA) is 77.8 Å². The molecule has 7 heteroatoms. The third-order valence-corrected chi connectivity index (χ3v) is 3.25. The van der Waals surface area contributed by atoms with Crippen LogP contribution in [0.1, 0.15) is 37.2 Å². The molecule has 7 nitrogen and oxygen atoms in total. The summed E-state index contributed by atoms with van der Waals surface area (Å²) in [4.78, 5) is 12.9. The summed E-state index contributed by atoms with van der Waals surface area (Å²) >= 11 is 0. The Bertz CT molecular complexity index is 622. The average molecular weight is 290 g/mol. The molecule has 0 radical (unpaired) electrons. The van der Waals surface area contributed by atoms with E-state index < -0.39 is 0 Å². The van der Waals surface area contributed by atoms with E-state index in [0.29, 0.717) is 24.5 Å². The van der Waals surface area contributed by atoms with Gasteiger partial charge in [-0.25, -0.2) is 4.68 Å². The molecule has 114 valence electrons. The summed E-state index contributed by atoms with van der Waals surface area (Å²) < 4.78 is 7.27. The highest BCUT2D eigenvalue weighted by molar-refractivity contribution is 5.33. The molecule has 0 aliphatic carbocycles. The van der Waals surface area contributed by atoms with Crippen LogP contribution < -0.4 is 10.1 Å². The van der Waals surface area contributed by atoms with Crippen LogP contribution in [-0.2, 0) is 6.42 Å². The Morgan fingerprint density at radius 3 is 2.48 bits per heavy atom. The fourth-order valence-electron chi connectivity index (χ4n) is 2.19. The van der Waals surface area contributed by atoms with Gasteiger partial charge < -0.3 is 10.1 Å². The molecule has 0 aromatic carbocycles. The lowest BCUT2D eigenvalue weighted by Gasteiger charge is -2.08. The molecule has 0 bridgehead atoms. The minimum Gasteiger partial charge on any atom is -0.463 e. The average Bonchev–Trinajstić information content (AvgIpc) is 2.79. The Labute approximate surface area is 124 Å². The van der Waals surface area contributed by atoms with Gasteiger partial charge in [0.15, 0.2) is 0 Å². The van der Waals surface area contributed by atoms with E-state index in [0.717, 1.165) is 24.2 Å². The fourth-order valence-corrected chi connectivity index (χ4v) is 2.19. The minimum absolute atomic E-state index is 0.316. The smallest absolute Gasteiger partial charge is 0.323 e. The van der Waals surface area contributed by atoms with Crippen molar-refractivity contribution >= 4 is 5.95 Å². The molecule has 0 unspecified atom stereocenters. The van der Waals surface area contributed by atoms with Crippen LogP contribution in [0.4, 0.5) is 5.95 Å². The van der Waals surface area contributed by atoms with E-state index in [1.807, 2.05) is 20.8 Å². The largest absolute Gasteiger partial charge is 0.463 e. The van der Waals surface area contributed by atoms with E-state index >= 15 is 0 Å². The number of nitrogens with zero attached hydrogens (tertiary/aromatic N) is 5. The molecule has 0 amide bonds. The first-order chi connectivity index (χ1) is 10.1. The van der Waals surface area contributed by atoms with Gasteiger partial charge in [-0.05, 0) is 32.3 Å². The standard InChI is InChI=1S/C14H22N6O/c1-6-8-21-14-17-12(15-5)16-13(18-14)20-10(4)11(7-2)9(3)19-20/h6-8H2,1-5H3,(H,15,16,17,18). The molecule has 0 spiro atoms. The monoisotopic (exact) mass is 290 g/mol. The van der Waals surface area contributed by atoms with E-state index in [9.17, 15) is 0 Å². The molecule has 0 saturated carbocycles. The van der Waals surface area contributed by atoms with Crippen LogP contribution in [0.15, 0.2) is 0 Å². The number of nitrogens with one attached hydrogen (secondary N) is 1. The second-order valence-electron chi connectivity index (χ2n) is 4.75. The van der Waals surface area contributed by atoms with Crippen molar-refractivity contribution in [2.24, 2.45) is 0 Å². The van der Waals surface area contributed by atoms with E-state index in [2.05, 4.69) is 32.3 Å². The zero-order valence-corrected chi connectivity index (χ0v) is 13.3. The zero-order valence-electron chi connectivity index (χ0n) is 13.3. The molecule has 0 aliphatic rings. The first-order valence-corrected chi connectivity index (χ1v) is 7.22. The van der Waals surface area contributed by atoms with Gasteiger partial charge in [-0.15, -0.1) is 0 Å². The Balaban J connectivity index is 2.47. The molecule has 1 N–H and O–H groups in total. The second-order valence-corrected chi connectivity index (χ2v) is 4.75. The van der Waals surface area contributed by atoms with E-state index in [1.54, 1.807) is 11.7 Å². The van der Waals surface area contributed by atoms with Crippen LogP contribution in [-0.4, -0.2) is 38.4 Å². The maximum Gasteiger partial charge on any atom is 0.323 e. The Morgan fingerprint density at radius 2 is 1.90 bits per heavy atom. The third kappa shape index (κ3) is 3.12. The van der Waals surface area contributed by atoms with Crippen molar-refractivity contribution in [2.45, 2.75) is 40.5 Å². The van der Waals surface area contributed by atoms with Crippen molar-refractivity contribution in [1.82, 2.24) is 24.7 Å². The number of hydrogen-bond acceptors (Lipinski definition) is 6. The van der Waals surface area contributed by atoms with Crippen LogP contribution in [0.25, 0.3) is 5.95 Å². The number of ether oxygens (including phenoxy) is 1. The maximum absolute atomic E-state index is 5.52. The summed E-state index contributed by atoms with van der Waals surface area (Å²) in [6.07, 6.45) is 1.83. The van der Waals surface area contributed by atoms with Crippen molar-refractivity contribution < 1.29 is 4.74 Å². The van der Waals surface area contributed by atoms with E-state index in [4.69, 9.17) is 4.74 Å². The van der Waals surface area contributed by atoms with Gasteiger partial charge in [0.05, 0.1) is 12.3 Å². The number of rotatable bonds is 6. The summed E-state index contributed by atoms with van der Waals surface area (Å²) in [7, 11) is 1.77. The first kappa shape index (κ1) is 15.2. The quantitative estimate of drug-likeness (QED) is 0.877. The van der Waals surface area contributed by atoms with Crippen molar-refractivity contribution in [2.75, 3.05) is 19.0 Å². The molecule has 21 heavy (non-hydrogen) atoms. The third-order valence-electron chi connectivity index (χ3n) is 3.25. The van der Waals surface area contributed by atoms with Gasteiger partial charge >= 0.3 is 6.01 Å². The summed E-state index contributed by atoms with van der Waals surface area (Å²) in [5.41, 5.74) is 3.26. The molecular weight excluding hydrogens is 268 g/mol. The van der Waals surface area contributed by atoms with Crippen molar-refractivity contribution in [3.05, 3.63) is 17.0 Å². The lowest BCUT2D eigenvalue weighted by Crippen LogP contribution is -2.11. The highest BCUT2D eigenvalue weighted by Crippen LogP contribution is 2.18. The fraction of sp³-hybridized carbons (Fsp3) is 0.571. The predicted molar refractivity (Wildman–Crippen MR) is 81.1 cm³/mol. The van der Waals surface area contributed by atoms with Gasteiger partial charge in [-0.1, -0.05) is 13.8 Å². The Hall–Kier alpha value is -2.18. The second kappa shape index (κ2) is 6.51. The highest BCUT2D eigenvalue weighted by Gasteiger charge is 2.15. The lowest BCUT2D eigenvalue weighted by atomic mass is 10.1. The Morgan fingerprint density at radius 1 is 1.14 bits per heavy atom. The molecule has 2 heterocycles. The van der Waals surface area contributed by atoms with Gasteiger partial charge in [-0.3, -0.25) is 0 Å². The summed E-state index contributed by atoms with van der Waals surface area (Å²) in [6, 6.07) is 0.316.